The molecule has 0 atom stereocenters. The number of fused-ring (bicyclic) bond motifs is 1. The fraction of sp³-hybridized carbons (Fsp3) is 0.0714. The van der Waals surface area contributed by atoms with Crippen LogP contribution in [-0.2, 0) is 6.61 Å². The van der Waals surface area contributed by atoms with Crippen LogP contribution in [0.2, 0.25) is 0 Å². The van der Waals surface area contributed by atoms with Crippen molar-refractivity contribution >= 4 is 27.3 Å². The standard InChI is InChI=1S/C14H10BrN5O/c15-13-12(10-4-2-1-3-8(10)6-16)18-14(17)11-5-9(7-21)19-20(11)13/h1-5,21H,7H2,(H2,17,18). The normalized spacial score (nSPS) is 10.7. The maximum atomic E-state index is 9.22. The molecule has 0 saturated heterocycles. The number of benzene rings is 1. The molecule has 0 saturated carbocycles. The predicted molar refractivity (Wildman–Crippen MR) is 81.2 cm³/mol. The van der Waals surface area contributed by atoms with Gasteiger partial charge in [0.25, 0.3) is 0 Å². The van der Waals surface area contributed by atoms with Crippen LogP contribution >= 0.6 is 15.9 Å². The van der Waals surface area contributed by atoms with Gasteiger partial charge in [0.2, 0.25) is 0 Å². The molecule has 3 N–H and O–H groups in total. The zero-order valence-electron chi connectivity index (χ0n) is 10.8. The second-order valence-electron chi connectivity index (χ2n) is 4.38. The first-order chi connectivity index (χ1) is 10.2. The van der Waals surface area contributed by atoms with E-state index >= 15 is 0 Å². The van der Waals surface area contributed by atoms with Crippen LogP contribution in [0.25, 0.3) is 16.8 Å². The number of hydrogen-bond acceptors (Lipinski definition) is 5. The SMILES string of the molecule is N#Cc1ccccc1-c1nc(N)c2cc(CO)nn2c1Br. The first-order valence-corrected chi connectivity index (χ1v) is 6.89. The number of anilines is 1. The van der Waals surface area contributed by atoms with Crippen LogP contribution in [0.15, 0.2) is 34.9 Å². The Hall–Kier alpha value is -2.43. The van der Waals surface area contributed by atoms with Crippen LogP contribution in [0.4, 0.5) is 5.82 Å². The number of nitrogen functional groups attached to an aromatic ring is 1. The minimum atomic E-state index is -0.183. The molecule has 0 bridgehead atoms. The van der Waals surface area contributed by atoms with Gasteiger partial charge >= 0.3 is 0 Å². The number of nitriles is 1. The molecule has 0 fully saturated rings. The zero-order valence-corrected chi connectivity index (χ0v) is 12.4. The van der Waals surface area contributed by atoms with Crippen molar-refractivity contribution in [2.75, 3.05) is 5.73 Å². The lowest BCUT2D eigenvalue weighted by atomic mass is 10.1. The minimum absolute atomic E-state index is 0.183. The Labute approximate surface area is 128 Å². The van der Waals surface area contributed by atoms with Crippen LogP contribution in [0.5, 0.6) is 0 Å². The van der Waals surface area contributed by atoms with Gasteiger partial charge in [-0.2, -0.15) is 10.4 Å². The highest BCUT2D eigenvalue weighted by Gasteiger charge is 2.16. The maximum Gasteiger partial charge on any atom is 0.150 e. The summed E-state index contributed by atoms with van der Waals surface area (Å²) in [6.07, 6.45) is 0. The average Bonchev–Trinajstić information content (AvgIpc) is 2.96. The Morgan fingerprint density at radius 2 is 2.14 bits per heavy atom. The first-order valence-electron chi connectivity index (χ1n) is 6.09. The van der Waals surface area contributed by atoms with Gasteiger partial charge in [-0.05, 0) is 28.1 Å². The molecule has 3 aromatic rings. The van der Waals surface area contributed by atoms with Crippen molar-refractivity contribution < 1.29 is 5.11 Å². The highest BCUT2D eigenvalue weighted by Crippen LogP contribution is 2.31. The minimum Gasteiger partial charge on any atom is -0.390 e. The van der Waals surface area contributed by atoms with Gasteiger partial charge in [-0.25, -0.2) is 9.50 Å². The summed E-state index contributed by atoms with van der Waals surface area (Å²) in [5.41, 5.74) is 8.76. The molecule has 3 rings (SSSR count). The van der Waals surface area contributed by atoms with Crippen molar-refractivity contribution in [1.82, 2.24) is 14.6 Å². The molecule has 2 aromatic heterocycles. The number of aliphatic hydroxyl groups excluding tert-OH is 1. The van der Waals surface area contributed by atoms with Crippen molar-refractivity contribution in [1.29, 1.82) is 5.26 Å². The molecule has 0 amide bonds. The Kier molecular flexibility index (Phi) is 3.33. The highest BCUT2D eigenvalue weighted by molar-refractivity contribution is 9.10. The molecular weight excluding hydrogens is 334 g/mol. The van der Waals surface area contributed by atoms with E-state index in [-0.39, 0.29) is 12.4 Å². The van der Waals surface area contributed by atoms with Gasteiger partial charge in [0.1, 0.15) is 21.6 Å². The van der Waals surface area contributed by atoms with Gasteiger partial charge in [-0.3, -0.25) is 0 Å². The Balaban J connectivity index is 2.34. The van der Waals surface area contributed by atoms with E-state index in [2.05, 4.69) is 32.1 Å². The number of aliphatic hydroxyl groups is 1. The van der Waals surface area contributed by atoms with Crippen molar-refractivity contribution in [3.8, 4) is 17.3 Å². The van der Waals surface area contributed by atoms with Crippen LogP contribution in [0.1, 0.15) is 11.3 Å². The predicted octanol–water partition coefficient (Wildman–Crippen LogP) is 2.10. The quantitative estimate of drug-likeness (QED) is 0.742. The third-order valence-corrected chi connectivity index (χ3v) is 3.81. The summed E-state index contributed by atoms with van der Waals surface area (Å²) in [6, 6.07) is 10.9. The van der Waals surface area contributed by atoms with Crippen LogP contribution in [0.3, 0.4) is 0 Å². The molecular formula is C14H10BrN5O. The van der Waals surface area contributed by atoms with E-state index in [4.69, 9.17) is 5.73 Å². The van der Waals surface area contributed by atoms with Crippen molar-refractivity contribution in [2.45, 2.75) is 6.61 Å². The molecule has 0 aliphatic rings. The Morgan fingerprint density at radius 1 is 1.38 bits per heavy atom. The molecule has 0 spiro atoms. The van der Waals surface area contributed by atoms with Crippen molar-refractivity contribution in [3.05, 3.63) is 46.2 Å². The van der Waals surface area contributed by atoms with Gasteiger partial charge in [0.15, 0.2) is 0 Å². The Morgan fingerprint density at radius 3 is 2.86 bits per heavy atom. The van der Waals surface area contributed by atoms with E-state index in [1.807, 2.05) is 6.07 Å². The smallest absolute Gasteiger partial charge is 0.150 e. The topological polar surface area (TPSA) is 100 Å². The summed E-state index contributed by atoms with van der Waals surface area (Å²) in [4.78, 5) is 4.36. The number of halogens is 1. The van der Waals surface area contributed by atoms with Gasteiger partial charge in [-0.1, -0.05) is 18.2 Å². The van der Waals surface area contributed by atoms with Crippen LogP contribution in [-0.4, -0.2) is 19.7 Å². The first kappa shape index (κ1) is 13.5. The summed E-state index contributed by atoms with van der Waals surface area (Å²) >= 11 is 3.45. The second kappa shape index (κ2) is 5.16. The molecule has 0 unspecified atom stereocenters. The van der Waals surface area contributed by atoms with E-state index in [1.165, 1.54) is 0 Å². The summed E-state index contributed by atoms with van der Waals surface area (Å²) in [6.45, 7) is -0.183. The molecule has 1 aromatic carbocycles. The number of nitrogens with two attached hydrogens (primary N) is 1. The van der Waals surface area contributed by atoms with E-state index in [0.29, 0.717) is 32.6 Å². The van der Waals surface area contributed by atoms with Crippen molar-refractivity contribution in [3.63, 3.8) is 0 Å². The number of hydrogen-bond donors (Lipinski definition) is 2. The number of aromatic nitrogens is 3. The van der Waals surface area contributed by atoms with E-state index in [9.17, 15) is 10.4 Å². The lowest BCUT2D eigenvalue weighted by Crippen LogP contribution is -2.03. The molecule has 7 heteroatoms. The van der Waals surface area contributed by atoms with E-state index in [1.54, 1.807) is 28.8 Å². The summed E-state index contributed by atoms with van der Waals surface area (Å²) in [7, 11) is 0. The van der Waals surface area contributed by atoms with Gasteiger partial charge in [-0.15, -0.1) is 0 Å². The second-order valence-corrected chi connectivity index (χ2v) is 5.14. The average molecular weight is 344 g/mol. The highest BCUT2D eigenvalue weighted by atomic mass is 79.9. The lowest BCUT2D eigenvalue weighted by Gasteiger charge is -2.09. The third kappa shape index (κ3) is 2.14. The number of rotatable bonds is 2. The maximum absolute atomic E-state index is 9.22. The summed E-state index contributed by atoms with van der Waals surface area (Å²) in [5.74, 6) is 0.285. The van der Waals surface area contributed by atoms with E-state index in [0.717, 1.165) is 0 Å². The molecule has 21 heavy (non-hydrogen) atoms. The lowest BCUT2D eigenvalue weighted by molar-refractivity contribution is 0.276. The molecule has 104 valence electrons. The molecule has 0 aliphatic heterocycles. The summed E-state index contributed by atoms with van der Waals surface area (Å²) < 4.78 is 2.14. The van der Waals surface area contributed by atoms with Gasteiger partial charge in [0, 0.05) is 5.56 Å². The zero-order chi connectivity index (χ0) is 15.0. The molecule has 2 heterocycles. The largest absolute Gasteiger partial charge is 0.390 e. The summed E-state index contributed by atoms with van der Waals surface area (Å²) in [5, 5.41) is 22.7. The monoisotopic (exact) mass is 343 g/mol. The fourth-order valence-electron chi connectivity index (χ4n) is 2.12. The molecule has 0 aliphatic carbocycles. The number of nitrogens with zero attached hydrogens (tertiary/aromatic N) is 4. The van der Waals surface area contributed by atoms with Crippen LogP contribution < -0.4 is 5.73 Å². The van der Waals surface area contributed by atoms with E-state index < -0.39 is 0 Å². The third-order valence-electron chi connectivity index (χ3n) is 3.10. The van der Waals surface area contributed by atoms with Gasteiger partial charge in [0.05, 0.1) is 23.9 Å². The fourth-order valence-corrected chi connectivity index (χ4v) is 2.69. The molecule has 6 nitrogen and oxygen atoms in total. The Bertz CT molecular complexity index is 881. The molecule has 0 radical (unpaired) electrons. The van der Waals surface area contributed by atoms with Crippen LogP contribution in [0, 0.1) is 11.3 Å². The van der Waals surface area contributed by atoms with Gasteiger partial charge < -0.3 is 10.8 Å². The van der Waals surface area contributed by atoms with Crippen molar-refractivity contribution in [2.24, 2.45) is 0 Å².